The van der Waals surface area contributed by atoms with Crippen LogP contribution in [0.15, 0.2) is 12.2 Å². The molecule has 0 aromatic heterocycles. The lowest BCUT2D eigenvalue weighted by molar-refractivity contribution is 0.191. The number of rotatable bonds is 5. The Morgan fingerprint density at radius 3 is 2.69 bits per heavy atom. The van der Waals surface area contributed by atoms with Crippen molar-refractivity contribution in [2.45, 2.75) is 38.5 Å². The van der Waals surface area contributed by atoms with Crippen LogP contribution in [0.25, 0.3) is 0 Å². The molecule has 0 spiro atoms. The van der Waals surface area contributed by atoms with Gasteiger partial charge in [0.15, 0.2) is 0 Å². The summed E-state index contributed by atoms with van der Waals surface area (Å²) < 4.78 is 0. The summed E-state index contributed by atoms with van der Waals surface area (Å²) in [4.78, 5) is 0. The predicted octanol–water partition coefficient (Wildman–Crippen LogP) is 2.34. The Bertz CT molecular complexity index is 227. The van der Waals surface area contributed by atoms with E-state index in [0.717, 1.165) is 18.4 Å². The number of hydrogen-bond acceptors (Lipinski definition) is 2. The maximum atomic E-state index is 9.25. The average molecular weight is 223 g/mol. The minimum Gasteiger partial charge on any atom is -0.396 e. The fourth-order valence-corrected chi connectivity index (χ4v) is 3.14. The molecule has 2 heteroatoms. The molecule has 2 N–H and O–H groups in total. The molecule has 2 aliphatic carbocycles. The van der Waals surface area contributed by atoms with E-state index in [-0.39, 0.29) is 0 Å². The molecule has 0 saturated heterocycles. The van der Waals surface area contributed by atoms with Crippen molar-refractivity contribution in [1.29, 1.82) is 0 Å². The highest BCUT2D eigenvalue weighted by molar-refractivity contribution is 4.90. The molecule has 1 saturated carbocycles. The van der Waals surface area contributed by atoms with Crippen molar-refractivity contribution in [2.24, 2.45) is 17.8 Å². The smallest absolute Gasteiger partial charge is 0.0462 e. The van der Waals surface area contributed by atoms with Crippen molar-refractivity contribution < 1.29 is 5.11 Å². The molecule has 92 valence electrons. The molecule has 3 unspecified atom stereocenters. The first kappa shape index (κ1) is 12.1. The molecule has 3 atom stereocenters. The van der Waals surface area contributed by atoms with E-state index in [1.54, 1.807) is 0 Å². The van der Waals surface area contributed by atoms with Gasteiger partial charge in [-0.25, -0.2) is 0 Å². The summed E-state index contributed by atoms with van der Waals surface area (Å²) in [7, 11) is 0. The first-order valence-electron chi connectivity index (χ1n) is 6.86. The van der Waals surface area contributed by atoms with E-state index in [2.05, 4.69) is 17.5 Å². The fourth-order valence-electron chi connectivity index (χ4n) is 3.14. The molecule has 0 radical (unpaired) electrons. The molecule has 2 nitrogen and oxygen atoms in total. The van der Waals surface area contributed by atoms with Gasteiger partial charge in [0.1, 0.15) is 0 Å². The normalized spacial score (nSPS) is 34.4. The van der Waals surface area contributed by atoms with Gasteiger partial charge in [-0.05, 0) is 62.9 Å². The molecule has 2 aliphatic rings. The Labute approximate surface area is 99.1 Å². The van der Waals surface area contributed by atoms with E-state index >= 15 is 0 Å². The highest BCUT2D eigenvalue weighted by atomic mass is 16.3. The van der Waals surface area contributed by atoms with Crippen molar-refractivity contribution in [2.75, 3.05) is 19.7 Å². The van der Waals surface area contributed by atoms with Crippen LogP contribution in [0.4, 0.5) is 0 Å². The molecule has 0 heterocycles. The van der Waals surface area contributed by atoms with Gasteiger partial charge in [0.25, 0.3) is 0 Å². The molecule has 0 aromatic rings. The molecular weight excluding hydrogens is 198 g/mol. The molecular formula is C14H25NO. The average Bonchev–Trinajstić information content (AvgIpc) is 2.78. The lowest BCUT2D eigenvalue weighted by atomic mass is 9.93. The van der Waals surface area contributed by atoms with Crippen molar-refractivity contribution in [3.05, 3.63) is 12.2 Å². The first-order chi connectivity index (χ1) is 7.90. The third-order valence-electron chi connectivity index (χ3n) is 4.27. The van der Waals surface area contributed by atoms with Crippen LogP contribution < -0.4 is 5.32 Å². The Balaban J connectivity index is 1.62. The molecule has 0 bridgehead atoms. The van der Waals surface area contributed by atoms with Gasteiger partial charge >= 0.3 is 0 Å². The molecule has 16 heavy (non-hydrogen) atoms. The minimum absolute atomic E-state index is 0.387. The van der Waals surface area contributed by atoms with Crippen LogP contribution in [0.5, 0.6) is 0 Å². The molecule has 0 amide bonds. The van der Waals surface area contributed by atoms with Crippen LogP contribution >= 0.6 is 0 Å². The van der Waals surface area contributed by atoms with Crippen molar-refractivity contribution >= 4 is 0 Å². The van der Waals surface area contributed by atoms with Gasteiger partial charge in [-0.15, -0.1) is 0 Å². The zero-order chi connectivity index (χ0) is 11.2. The van der Waals surface area contributed by atoms with E-state index in [1.807, 2.05) is 0 Å². The Kier molecular flexibility index (Phi) is 4.86. The SMILES string of the molecule is OCC1CCCC1CNCC1CC=CCC1. The second-order valence-corrected chi connectivity index (χ2v) is 5.44. The summed E-state index contributed by atoms with van der Waals surface area (Å²) in [5.41, 5.74) is 0. The van der Waals surface area contributed by atoms with E-state index in [0.29, 0.717) is 12.5 Å². The summed E-state index contributed by atoms with van der Waals surface area (Å²) in [5, 5.41) is 12.9. The highest BCUT2D eigenvalue weighted by Crippen LogP contribution is 2.30. The first-order valence-corrected chi connectivity index (χ1v) is 6.86. The zero-order valence-corrected chi connectivity index (χ0v) is 10.2. The number of hydrogen-bond donors (Lipinski definition) is 2. The molecule has 0 aliphatic heterocycles. The van der Waals surface area contributed by atoms with Crippen molar-refractivity contribution in [1.82, 2.24) is 5.32 Å². The van der Waals surface area contributed by atoms with Gasteiger partial charge < -0.3 is 10.4 Å². The second-order valence-electron chi connectivity index (χ2n) is 5.44. The molecule has 0 aromatic carbocycles. The van der Waals surface area contributed by atoms with E-state index in [1.165, 1.54) is 45.1 Å². The lowest BCUT2D eigenvalue weighted by Gasteiger charge is -2.22. The van der Waals surface area contributed by atoms with Crippen LogP contribution in [0.2, 0.25) is 0 Å². The Hall–Kier alpha value is -0.340. The van der Waals surface area contributed by atoms with Gasteiger partial charge in [0, 0.05) is 6.61 Å². The zero-order valence-electron chi connectivity index (χ0n) is 10.2. The largest absolute Gasteiger partial charge is 0.396 e. The van der Waals surface area contributed by atoms with Crippen molar-refractivity contribution in [3.63, 3.8) is 0 Å². The van der Waals surface area contributed by atoms with Crippen LogP contribution in [-0.2, 0) is 0 Å². The van der Waals surface area contributed by atoms with Gasteiger partial charge in [-0.3, -0.25) is 0 Å². The van der Waals surface area contributed by atoms with Gasteiger partial charge in [-0.2, -0.15) is 0 Å². The minimum atomic E-state index is 0.387. The summed E-state index contributed by atoms with van der Waals surface area (Å²) in [5.74, 6) is 2.14. The topological polar surface area (TPSA) is 32.3 Å². The highest BCUT2D eigenvalue weighted by Gasteiger charge is 2.26. The summed E-state index contributed by atoms with van der Waals surface area (Å²) >= 11 is 0. The maximum Gasteiger partial charge on any atom is 0.0462 e. The van der Waals surface area contributed by atoms with Crippen LogP contribution in [0.3, 0.4) is 0 Å². The van der Waals surface area contributed by atoms with Gasteiger partial charge in [0.05, 0.1) is 0 Å². The number of aliphatic hydroxyl groups is 1. The second kappa shape index (κ2) is 6.41. The maximum absolute atomic E-state index is 9.25. The number of nitrogens with one attached hydrogen (secondary N) is 1. The standard InChI is InChI=1S/C14H25NO/c16-11-14-8-4-7-13(14)10-15-9-12-5-2-1-3-6-12/h1-2,12-16H,3-11H2. The third kappa shape index (κ3) is 3.33. The quantitative estimate of drug-likeness (QED) is 0.701. The van der Waals surface area contributed by atoms with Crippen molar-refractivity contribution in [3.8, 4) is 0 Å². The number of aliphatic hydroxyl groups excluding tert-OH is 1. The van der Waals surface area contributed by atoms with Gasteiger partial charge in [-0.1, -0.05) is 18.6 Å². The monoisotopic (exact) mass is 223 g/mol. The fraction of sp³-hybridized carbons (Fsp3) is 0.857. The summed E-state index contributed by atoms with van der Waals surface area (Å²) in [6.07, 6.45) is 12.3. The Morgan fingerprint density at radius 1 is 1.06 bits per heavy atom. The predicted molar refractivity (Wildman–Crippen MR) is 67.3 cm³/mol. The Morgan fingerprint density at radius 2 is 1.94 bits per heavy atom. The lowest BCUT2D eigenvalue weighted by Crippen LogP contribution is -2.31. The van der Waals surface area contributed by atoms with E-state index < -0.39 is 0 Å². The van der Waals surface area contributed by atoms with Crippen LogP contribution in [0.1, 0.15) is 38.5 Å². The summed E-state index contributed by atoms with van der Waals surface area (Å²) in [6.45, 7) is 2.67. The van der Waals surface area contributed by atoms with Gasteiger partial charge in [0.2, 0.25) is 0 Å². The van der Waals surface area contributed by atoms with Crippen LogP contribution in [-0.4, -0.2) is 24.8 Å². The number of allylic oxidation sites excluding steroid dienone is 2. The summed E-state index contributed by atoms with van der Waals surface area (Å²) in [6, 6.07) is 0. The molecule has 1 fully saturated rings. The van der Waals surface area contributed by atoms with Crippen LogP contribution in [0, 0.1) is 17.8 Å². The third-order valence-corrected chi connectivity index (χ3v) is 4.27. The molecule has 2 rings (SSSR count). The van der Waals surface area contributed by atoms with E-state index in [9.17, 15) is 5.11 Å². The van der Waals surface area contributed by atoms with E-state index in [4.69, 9.17) is 0 Å².